The summed E-state index contributed by atoms with van der Waals surface area (Å²) in [4.78, 5) is 23.5. The summed E-state index contributed by atoms with van der Waals surface area (Å²) in [6, 6.07) is 8.51. The molecule has 0 fully saturated rings. The Hall–Kier alpha value is -2.41. The van der Waals surface area contributed by atoms with E-state index in [1.165, 1.54) is 21.8 Å². The van der Waals surface area contributed by atoms with Crippen molar-refractivity contribution >= 4 is 23.3 Å². The Balaban J connectivity index is 1.99. The quantitative estimate of drug-likeness (QED) is 0.625. The maximum atomic E-state index is 12.1. The number of nitro groups is 1. The molecule has 0 atom stereocenters. The van der Waals surface area contributed by atoms with Crippen LogP contribution in [0.25, 0.3) is 0 Å². The summed E-state index contributed by atoms with van der Waals surface area (Å²) < 4.78 is 1.24. The third-order valence-electron chi connectivity index (χ3n) is 2.90. The molecule has 2 rings (SSSR count). The largest absolute Gasteiger partial charge is 0.389 e. The molecule has 21 heavy (non-hydrogen) atoms. The van der Waals surface area contributed by atoms with Gasteiger partial charge in [-0.25, -0.2) is 0 Å². The van der Waals surface area contributed by atoms with Crippen molar-refractivity contribution < 1.29 is 9.72 Å². The average molecular weight is 309 g/mol. The molecule has 1 aromatic carbocycles. The van der Waals surface area contributed by atoms with Gasteiger partial charge in [-0.15, -0.1) is 0 Å². The number of nitrogens with zero attached hydrogens (tertiary/aromatic N) is 4. The molecule has 7 nitrogen and oxygen atoms in total. The van der Waals surface area contributed by atoms with E-state index in [1.807, 2.05) is 18.2 Å². The van der Waals surface area contributed by atoms with Gasteiger partial charge in [0.15, 0.2) is 0 Å². The van der Waals surface area contributed by atoms with Crippen molar-refractivity contribution in [3.05, 3.63) is 57.2 Å². The molecule has 0 aliphatic carbocycles. The SMILES string of the molecule is CN(Cc1ccccc1Cl)C(=O)Cn1ccc([N+](=O)[O-])n1. The summed E-state index contributed by atoms with van der Waals surface area (Å²) in [5.74, 6) is -0.496. The first-order valence-corrected chi connectivity index (χ1v) is 6.50. The molecule has 0 saturated carbocycles. The number of amides is 1. The number of halogens is 1. The Morgan fingerprint density at radius 3 is 2.76 bits per heavy atom. The number of carbonyl (C=O) groups excluding carboxylic acids is 1. The molecule has 0 aliphatic rings. The second-order valence-electron chi connectivity index (χ2n) is 4.47. The van der Waals surface area contributed by atoms with E-state index in [4.69, 9.17) is 11.6 Å². The van der Waals surface area contributed by atoms with Crippen LogP contribution in [0.3, 0.4) is 0 Å². The lowest BCUT2D eigenvalue weighted by Gasteiger charge is -2.17. The van der Waals surface area contributed by atoms with E-state index in [0.29, 0.717) is 11.6 Å². The summed E-state index contributed by atoms with van der Waals surface area (Å²) in [7, 11) is 1.64. The van der Waals surface area contributed by atoms with Crippen LogP contribution in [0, 0.1) is 10.1 Å². The standard InChI is InChI=1S/C13H13ClN4O3/c1-16(8-10-4-2-3-5-11(10)14)13(19)9-17-7-6-12(15-17)18(20)21/h2-7H,8-9H2,1H3. The van der Waals surface area contributed by atoms with Crippen molar-refractivity contribution in [2.75, 3.05) is 7.05 Å². The molecule has 0 N–H and O–H groups in total. The summed E-state index contributed by atoms with van der Waals surface area (Å²) in [6.07, 6.45) is 1.40. The molecule has 0 radical (unpaired) electrons. The lowest BCUT2D eigenvalue weighted by molar-refractivity contribution is -0.389. The highest BCUT2D eigenvalue weighted by Crippen LogP contribution is 2.16. The van der Waals surface area contributed by atoms with Crippen LogP contribution < -0.4 is 0 Å². The zero-order chi connectivity index (χ0) is 15.4. The first-order valence-electron chi connectivity index (χ1n) is 6.12. The highest BCUT2D eigenvalue weighted by molar-refractivity contribution is 6.31. The van der Waals surface area contributed by atoms with Gasteiger partial charge >= 0.3 is 5.82 Å². The molecule has 0 saturated heterocycles. The van der Waals surface area contributed by atoms with Crippen LogP contribution >= 0.6 is 11.6 Å². The Morgan fingerprint density at radius 2 is 2.14 bits per heavy atom. The topological polar surface area (TPSA) is 81.3 Å². The fraction of sp³-hybridized carbons (Fsp3) is 0.231. The number of rotatable bonds is 5. The smallest absolute Gasteiger partial charge is 0.358 e. The van der Waals surface area contributed by atoms with Crippen LogP contribution in [0.15, 0.2) is 36.5 Å². The van der Waals surface area contributed by atoms with Gasteiger partial charge in [0.05, 0.1) is 17.4 Å². The lowest BCUT2D eigenvalue weighted by Crippen LogP contribution is -2.30. The minimum absolute atomic E-state index is 0.0607. The van der Waals surface area contributed by atoms with E-state index in [0.717, 1.165) is 5.56 Å². The lowest BCUT2D eigenvalue weighted by atomic mass is 10.2. The van der Waals surface area contributed by atoms with E-state index in [2.05, 4.69) is 5.10 Å². The number of carbonyl (C=O) groups is 1. The van der Waals surface area contributed by atoms with Crippen molar-refractivity contribution in [3.8, 4) is 0 Å². The fourth-order valence-electron chi connectivity index (χ4n) is 1.77. The van der Waals surface area contributed by atoms with E-state index in [-0.39, 0.29) is 18.3 Å². The molecular weight excluding hydrogens is 296 g/mol. The maximum Gasteiger partial charge on any atom is 0.389 e. The molecule has 0 unspecified atom stereocenters. The summed E-state index contributed by atoms with van der Waals surface area (Å²) in [6.45, 7) is 0.302. The minimum Gasteiger partial charge on any atom is -0.358 e. The molecule has 0 bridgehead atoms. The Labute approximate surface area is 125 Å². The van der Waals surface area contributed by atoms with Gasteiger partial charge in [0, 0.05) is 18.6 Å². The molecule has 1 amide bonds. The van der Waals surface area contributed by atoms with Gasteiger partial charge in [-0.05, 0) is 16.6 Å². The van der Waals surface area contributed by atoms with E-state index in [9.17, 15) is 14.9 Å². The van der Waals surface area contributed by atoms with Crippen molar-refractivity contribution in [3.63, 3.8) is 0 Å². The van der Waals surface area contributed by atoms with Crippen LogP contribution in [0.2, 0.25) is 5.02 Å². The van der Waals surface area contributed by atoms with Gasteiger partial charge in [0.25, 0.3) is 0 Å². The van der Waals surface area contributed by atoms with Crippen molar-refractivity contribution in [2.24, 2.45) is 0 Å². The molecule has 8 heteroatoms. The van der Waals surface area contributed by atoms with Crippen molar-refractivity contribution in [2.45, 2.75) is 13.1 Å². The average Bonchev–Trinajstić information content (AvgIpc) is 2.90. The van der Waals surface area contributed by atoms with Gasteiger partial charge in [-0.3, -0.25) is 4.79 Å². The normalized spacial score (nSPS) is 10.4. The highest BCUT2D eigenvalue weighted by Gasteiger charge is 2.16. The van der Waals surface area contributed by atoms with Crippen LogP contribution in [-0.4, -0.2) is 32.6 Å². The first kappa shape index (κ1) is 15.0. The van der Waals surface area contributed by atoms with E-state index >= 15 is 0 Å². The van der Waals surface area contributed by atoms with Crippen LogP contribution in [0.1, 0.15) is 5.56 Å². The fourth-order valence-corrected chi connectivity index (χ4v) is 1.96. The monoisotopic (exact) mass is 308 g/mol. The minimum atomic E-state index is -0.603. The molecule has 2 aromatic rings. The molecular formula is C13H13ClN4O3. The van der Waals surface area contributed by atoms with Gasteiger partial charge in [-0.1, -0.05) is 29.8 Å². The van der Waals surface area contributed by atoms with Gasteiger partial charge in [-0.2, -0.15) is 4.68 Å². The third kappa shape index (κ3) is 3.79. The Bertz CT molecular complexity index is 671. The van der Waals surface area contributed by atoms with Gasteiger partial charge in [0.1, 0.15) is 6.54 Å². The Morgan fingerprint density at radius 1 is 1.43 bits per heavy atom. The first-order chi connectivity index (χ1) is 9.97. The predicted molar refractivity (Wildman–Crippen MR) is 76.8 cm³/mol. The summed E-state index contributed by atoms with van der Waals surface area (Å²) in [5.41, 5.74) is 0.835. The van der Waals surface area contributed by atoms with Crippen LogP contribution in [0.4, 0.5) is 5.82 Å². The summed E-state index contributed by atoms with van der Waals surface area (Å²) >= 11 is 6.04. The molecule has 1 heterocycles. The number of benzene rings is 1. The number of likely N-dealkylation sites (N-methyl/N-ethyl adjacent to an activating group) is 1. The van der Waals surface area contributed by atoms with Gasteiger partial charge < -0.3 is 15.0 Å². The third-order valence-corrected chi connectivity index (χ3v) is 3.27. The van der Waals surface area contributed by atoms with Crippen molar-refractivity contribution in [1.82, 2.24) is 14.7 Å². The van der Waals surface area contributed by atoms with Crippen LogP contribution in [-0.2, 0) is 17.9 Å². The predicted octanol–water partition coefficient (Wildman–Crippen LogP) is 2.10. The highest BCUT2D eigenvalue weighted by atomic mass is 35.5. The molecule has 110 valence electrons. The Kier molecular flexibility index (Phi) is 4.54. The summed E-state index contributed by atoms with van der Waals surface area (Å²) in [5, 5.41) is 14.8. The number of aromatic nitrogens is 2. The number of hydrogen-bond donors (Lipinski definition) is 0. The molecule has 0 aliphatic heterocycles. The van der Waals surface area contributed by atoms with Crippen molar-refractivity contribution in [1.29, 1.82) is 0 Å². The molecule has 0 spiro atoms. The second kappa shape index (κ2) is 6.36. The maximum absolute atomic E-state index is 12.1. The van der Waals surface area contributed by atoms with Crippen LogP contribution in [0.5, 0.6) is 0 Å². The van der Waals surface area contributed by atoms with Gasteiger partial charge in [0.2, 0.25) is 5.91 Å². The number of hydrogen-bond acceptors (Lipinski definition) is 4. The van der Waals surface area contributed by atoms with E-state index in [1.54, 1.807) is 13.1 Å². The zero-order valence-corrected chi connectivity index (χ0v) is 12.0. The molecule has 1 aromatic heterocycles. The second-order valence-corrected chi connectivity index (χ2v) is 4.88. The zero-order valence-electron chi connectivity index (χ0n) is 11.3. The van der Waals surface area contributed by atoms with E-state index < -0.39 is 4.92 Å².